The van der Waals surface area contributed by atoms with Crippen LogP contribution in [0.15, 0.2) is 174 Å². The van der Waals surface area contributed by atoms with Gasteiger partial charge in [0.05, 0.1) is 30.2 Å². The van der Waals surface area contributed by atoms with Crippen LogP contribution in [0, 0.1) is 0 Å². The van der Waals surface area contributed by atoms with Crippen molar-refractivity contribution < 1.29 is 34.6 Å². The number of para-hydroxylation sites is 1. The van der Waals surface area contributed by atoms with Gasteiger partial charge in [0, 0.05) is 16.3 Å². The second-order valence-corrected chi connectivity index (χ2v) is 9.96. The van der Waals surface area contributed by atoms with E-state index in [-0.39, 0.29) is 27.7 Å². The standard InChI is InChI=1S/C44H28O/c1-3-14-29(15-4-1)31-18-13-19-32(28-31)41-33-20-7-9-22-35(33)43(36-23-10-8-21-34(36)41)38-26-27-40-44(37-24-11-12-25-39(37)45-40)42(38)30-16-5-2-6-17-30/h1-28H/i1D,2D,3D,4D,5D,6D,7D,8D,9D,10D,13D,14D,15D,16D,17D,18D,19D,20D,21D,22D,23D,28D. The molecule has 1 aromatic heterocycles. The lowest BCUT2D eigenvalue weighted by molar-refractivity contribution is 0.669. The van der Waals surface area contributed by atoms with E-state index >= 15 is 0 Å². The van der Waals surface area contributed by atoms with E-state index in [2.05, 4.69) is 0 Å². The van der Waals surface area contributed by atoms with E-state index in [4.69, 9.17) is 23.6 Å². The Morgan fingerprint density at radius 3 is 1.62 bits per heavy atom. The largest absolute Gasteiger partial charge is 0.456 e. The van der Waals surface area contributed by atoms with Crippen LogP contribution in [0.25, 0.3) is 88.0 Å². The van der Waals surface area contributed by atoms with Crippen molar-refractivity contribution in [1.82, 2.24) is 0 Å². The van der Waals surface area contributed by atoms with Gasteiger partial charge < -0.3 is 4.42 Å². The molecule has 0 fully saturated rings. The smallest absolute Gasteiger partial charge is 0.136 e. The third-order valence-corrected chi connectivity index (χ3v) is 7.56. The Balaban J connectivity index is 1.63. The molecule has 0 atom stereocenters. The molecule has 9 aromatic rings. The molecule has 210 valence electrons. The summed E-state index contributed by atoms with van der Waals surface area (Å²) in [5, 5.41) is -1.62. The fourth-order valence-corrected chi connectivity index (χ4v) is 5.77. The molecule has 0 aliphatic carbocycles. The highest BCUT2D eigenvalue weighted by atomic mass is 16.3. The van der Waals surface area contributed by atoms with Crippen LogP contribution >= 0.6 is 0 Å². The highest BCUT2D eigenvalue weighted by molar-refractivity contribution is 6.25. The van der Waals surface area contributed by atoms with Crippen molar-refractivity contribution in [3.8, 4) is 44.5 Å². The topological polar surface area (TPSA) is 13.1 Å². The number of rotatable bonds is 4. The Hall–Kier alpha value is -5.92. The van der Waals surface area contributed by atoms with E-state index < -0.39 is 182 Å². The van der Waals surface area contributed by atoms with Crippen LogP contribution in [0.5, 0.6) is 0 Å². The molecule has 0 saturated carbocycles. The van der Waals surface area contributed by atoms with Gasteiger partial charge in [-0.2, -0.15) is 0 Å². The molecule has 0 N–H and O–H groups in total. The first-order chi connectivity index (χ1) is 31.5. The number of hydrogen-bond acceptors (Lipinski definition) is 1. The molecule has 1 heteroatoms. The highest BCUT2D eigenvalue weighted by Crippen LogP contribution is 2.49. The number of furan rings is 1. The third kappa shape index (κ3) is 4.09. The van der Waals surface area contributed by atoms with E-state index in [1.807, 2.05) is 0 Å². The number of benzene rings is 8. The summed E-state index contributed by atoms with van der Waals surface area (Å²) in [5.41, 5.74) is -3.46. The highest BCUT2D eigenvalue weighted by Gasteiger charge is 2.22. The van der Waals surface area contributed by atoms with Crippen molar-refractivity contribution in [2.75, 3.05) is 0 Å². The van der Waals surface area contributed by atoms with Crippen molar-refractivity contribution in [3.05, 3.63) is 169 Å². The summed E-state index contributed by atoms with van der Waals surface area (Å²) in [6.07, 6.45) is 0. The molecule has 0 radical (unpaired) electrons. The van der Waals surface area contributed by atoms with Crippen molar-refractivity contribution >= 4 is 43.5 Å². The number of hydrogen-bond donors (Lipinski definition) is 0. The van der Waals surface area contributed by atoms with Gasteiger partial charge >= 0.3 is 0 Å². The Morgan fingerprint density at radius 2 is 0.933 bits per heavy atom. The molecule has 1 nitrogen and oxygen atoms in total. The molecule has 0 saturated heterocycles. The lowest BCUT2D eigenvalue weighted by atomic mass is 9.82. The first kappa shape index (κ1) is 11.9. The van der Waals surface area contributed by atoms with Crippen LogP contribution < -0.4 is 0 Å². The molecule has 0 spiro atoms. The van der Waals surface area contributed by atoms with Gasteiger partial charge in [0.1, 0.15) is 11.2 Å². The molecule has 0 amide bonds. The lowest BCUT2D eigenvalue weighted by Gasteiger charge is -2.20. The van der Waals surface area contributed by atoms with Crippen LogP contribution in [0.2, 0.25) is 0 Å². The summed E-state index contributed by atoms with van der Waals surface area (Å²) in [6.45, 7) is 0. The van der Waals surface area contributed by atoms with Gasteiger partial charge in [0.25, 0.3) is 0 Å². The monoisotopic (exact) mass is 594 g/mol. The first-order valence-corrected chi connectivity index (χ1v) is 13.6. The normalized spacial score (nSPS) is 18.4. The average molecular weight is 595 g/mol. The predicted octanol–water partition coefficient (Wildman–Crippen LogP) is 12.6. The molecular formula is C44H28O. The van der Waals surface area contributed by atoms with E-state index in [9.17, 15) is 11.0 Å². The van der Waals surface area contributed by atoms with Crippen molar-refractivity contribution in [3.63, 3.8) is 0 Å². The predicted molar refractivity (Wildman–Crippen MR) is 190 cm³/mol. The zero-order valence-electron chi connectivity index (χ0n) is 44.9. The minimum absolute atomic E-state index is 0.136. The Bertz CT molecular complexity index is 3640. The van der Waals surface area contributed by atoms with Crippen molar-refractivity contribution in [2.24, 2.45) is 0 Å². The van der Waals surface area contributed by atoms with Crippen LogP contribution in [0.4, 0.5) is 0 Å². The minimum Gasteiger partial charge on any atom is -0.456 e. The van der Waals surface area contributed by atoms with Gasteiger partial charge in [-0.3, -0.25) is 0 Å². The van der Waals surface area contributed by atoms with Crippen LogP contribution in [-0.4, -0.2) is 0 Å². The molecule has 0 unspecified atom stereocenters. The maximum Gasteiger partial charge on any atom is 0.136 e. The number of fused-ring (bicyclic) bond motifs is 5. The molecule has 45 heavy (non-hydrogen) atoms. The fourth-order valence-electron chi connectivity index (χ4n) is 5.77. The van der Waals surface area contributed by atoms with Gasteiger partial charge in [-0.05, 0) is 84.7 Å². The van der Waals surface area contributed by atoms with E-state index in [1.54, 1.807) is 24.3 Å². The summed E-state index contributed by atoms with van der Waals surface area (Å²) in [6, 6.07) is -9.23. The zero-order valence-corrected chi connectivity index (χ0v) is 22.9. The fraction of sp³-hybridized carbons (Fsp3) is 0. The Morgan fingerprint density at radius 1 is 0.378 bits per heavy atom. The average Bonchev–Trinajstić information content (AvgIpc) is 3.70. The van der Waals surface area contributed by atoms with Gasteiger partial charge in [0.15, 0.2) is 0 Å². The molecule has 9 rings (SSSR count). The lowest BCUT2D eigenvalue weighted by Crippen LogP contribution is -1.93. The quantitative estimate of drug-likeness (QED) is 0.185. The van der Waals surface area contributed by atoms with Gasteiger partial charge in [-0.1, -0.05) is 145 Å². The van der Waals surface area contributed by atoms with Crippen molar-refractivity contribution in [2.45, 2.75) is 0 Å². The van der Waals surface area contributed by atoms with Crippen LogP contribution in [-0.2, 0) is 0 Å². The van der Waals surface area contributed by atoms with Crippen LogP contribution in [0.1, 0.15) is 30.2 Å². The summed E-state index contributed by atoms with van der Waals surface area (Å²) in [7, 11) is 0. The van der Waals surface area contributed by atoms with Gasteiger partial charge in [0.2, 0.25) is 0 Å². The summed E-state index contributed by atoms with van der Waals surface area (Å²) < 4.78 is 203. The van der Waals surface area contributed by atoms with Gasteiger partial charge in [-0.25, -0.2) is 0 Å². The zero-order chi connectivity index (χ0) is 48.9. The molecule has 0 aliphatic rings. The summed E-state index contributed by atoms with van der Waals surface area (Å²) >= 11 is 0. The maximum absolute atomic E-state index is 9.65. The Labute approximate surface area is 292 Å². The molecule has 0 aliphatic heterocycles. The second-order valence-electron chi connectivity index (χ2n) is 9.96. The molecule has 8 aromatic carbocycles. The van der Waals surface area contributed by atoms with E-state index in [1.165, 1.54) is 12.1 Å². The SMILES string of the molecule is [2H]c1c([2H])c([2H])c(-c2c([2H])c([2H])c([2H])c(-c3c4c([2H])c([2H])c([2H])c([2H])c4c(-c4ccc5oc6ccccc6c5c4-c4c([2H])c([2H])c([2H])c([2H])c4[2H])c4c([2H])c([2H])c([2H])c([2H])c34)c2[2H])c([2H])c1[2H]. The van der Waals surface area contributed by atoms with Crippen LogP contribution in [0.3, 0.4) is 0 Å². The molecule has 1 heterocycles. The second kappa shape index (κ2) is 10.4. The summed E-state index contributed by atoms with van der Waals surface area (Å²) in [4.78, 5) is 0. The maximum atomic E-state index is 9.65. The third-order valence-electron chi connectivity index (χ3n) is 7.56. The first-order valence-electron chi connectivity index (χ1n) is 24.6. The van der Waals surface area contributed by atoms with Gasteiger partial charge in [-0.15, -0.1) is 0 Å². The van der Waals surface area contributed by atoms with E-state index in [0.717, 1.165) is 0 Å². The van der Waals surface area contributed by atoms with Crippen molar-refractivity contribution in [1.29, 1.82) is 0 Å². The minimum atomic E-state index is -0.972. The summed E-state index contributed by atoms with van der Waals surface area (Å²) in [5.74, 6) is 0. The Kier molecular flexibility index (Phi) is 2.73. The molecule has 0 bridgehead atoms. The molecular weight excluding hydrogens is 544 g/mol. The van der Waals surface area contributed by atoms with E-state index in [0.29, 0.717) is 11.0 Å².